The van der Waals surface area contributed by atoms with Crippen LogP contribution < -0.4 is 5.32 Å². The van der Waals surface area contributed by atoms with Gasteiger partial charge in [-0.2, -0.15) is 0 Å². The van der Waals surface area contributed by atoms with E-state index in [1.165, 1.54) is 17.4 Å². The average Bonchev–Trinajstić information content (AvgIpc) is 3.42. The first-order chi connectivity index (χ1) is 17.0. The number of carboxylic acids is 1. The third-order valence-electron chi connectivity index (χ3n) is 5.92. The monoisotopic (exact) mass is 542 g/mol. The van der Waals surface area contributed by atoms with E-state index < -0.39 is 48.7 Å². The fourth-order valence-corrected chi connectivity index (χ4v) is 5.33. The molecule has 1 aromatic carbocycles. The molecular weight excluding hydrogens is 521 g/mol. The molecule has 4 rings (SSSR count). The molecule has 0 radical (unpaired) electrons. The van der Waals surface area contributed by atoms with Crippen LogP contribution in [0.4, 0.5) is 13.2 Å². The number of aryl methyl sites for hydroxylation is 1. The van der Waals surface area contributed by atoms with Gasteiger partial charge in [0.15, 0.2) is 10.8 Å². The van der Waals surface area contributed by atoms with Crippen LogP contribution in [0, 0.1) is 5.82 Å². The van der Waals surface area contributed by atoms with Gasteiger partial charge in [0.05, 0.1) is 24.9 Å². The van der Waals surface area contributed by atoms with Gasteiger partial charge in [-0.3, -0.25) is 14.7 Å². The molecule has 2 atom stereocenters. The van der Waals surface area contributed by atoms with Gasteiger partial charge in [-0.25, -0.2) is 22.9 Å². The van der Waals surface area contributed by atoms with Crippen molar-refractivity contribution in [1.82, 2.24) is 15.2 Å². The molecule has 36 heavy (non-hydrogen) atoms. The number of nitrogens with zero attached hydrogens (tertiary/aromatic N) is 3. The molecule has 0 bridgehead atoms. The highest BCUT2D eigenvalue weighted by Gasteiger charge is 2.49. The summed E-state index contributed by atoms with van der Waals surface area (Å²) in [6.45, 7) is 0.781. The predicted molar refractivity (Wildman–Crippen MR) is 127 cm³/mol. The van der Waals surface area contributed by atoms with Crippen LogP contribution in [-0.4, -0.2) is 64.9 Å². The number of aliphatic carboxylic acids is 1. The van der Waals surface area contributed by atoms with Gasteiger partial charge in [0.1, 0.15) is 17.9 Å². The largest absolute Gasteiger partial charge is 0.480 e. The Morgan fingerprint density at radius 1 is 1.39 bits per heavy atom. The van der Waals surface area contributed by atoms with Gasteiger partial charge in [0, 0.05) is 34.6 Å². The molecule has 2 aliphatic rings. The summed E-state index contributed by atoms with van der Waals surface area (Å²) >= 11 is 7.60. The van der Waals surface area contributed by atoms with Crippen LogP contribution >= 0.6 is 22.9 Å². The first-order valence-corrected chi connectivity index (χ1v) is 12.2. The summed E-state index contributed by atoms with van der Waals surface area (Å²) in [6.07, 6.45) is -0.195. The molecule has 13 heteroatoms. The summed E-state index contributed by atoms with van der Waals surface area (Å²) in [7, 11) is 1.15. The van der Waals surface area contributed by atoms with Crippen LogP contribution in [0.5, 0.6) is 0 Å². The molecule has 0 saturated carbocycles. The van der Waals surface area contributed by atoms with E-state index in [-0.39, 0.29) is 34.2 Å². The number of rotatable bonds is 7. The zero-order valence-electron chi connectivity index (χ0n) is 19.2. The van der Waals surface area contributed by atoms with E-state index in [2.05, 4.69) is 15.3 Å². The number of thiazole rings is 1. The molecule has 0 amide bonds. The quantitative estimate of drug-likeness (QED) is 0.513. The molecule has 2 aromatic rings. The molecule has 2 N–H and O–H groups in total. The van der Waals surface area contributed by atoms with Crippen molar-refractivity contribution < 1.29 is 32.6 Å². The number of hydrogen-bond donors (Lipinski definition) is 2. The second-order valence-electron chi connectivity index (χ2n) is 8.37. The molecule has 0 aliphatic carbocycles. The zero-order valence-corrected chi connectivity index (χ0v) is 20.8. The molecule has 1 aromatic heterocycles. The molecule has 2 aliphatic heterocycles. The van der Waals surface area contributed by atoms with Crippen molar-refractivity contribution in [2.75, 3.05) is 20.2 Å². The Bertz CT molecular complexity index is 1270. The van der Waals surface area contributed by atoms with Crippen molar-refractivity contribution in [3.8, 4) is 0 Å². The molecule has 1 saturated heterocycles. The number of amidine groups is 1. The number of halogens is 4. The van der Waals surface area contributed by atoms with Gasteiger partial charge in [0.25, 0.3) is 5.92 Å². The first kappa shape index (κ1) is 26.1. The zero-order chi connectivity index (χ0) is 26.2. The highest BCUT2D eigenvalue weighted by Crippen LogP contribution is 2.38. The van der Waals surface area contributed by atoms with Gasteiger partial charge in [-0.05, 0) is 18.6 Å². The molecule has 3 heterocycles. The smallest absolute Gasteiger partial charge is 0.338 e. The number of carboxylic acid groups (broad SMARTS) is 1. The normalized spacial score (nSPS) is 21.8. The minimum atomic E-state index is -3.22. The Hall–Kier alpha value is -2.96. The van der Waals surface area contributed by atoms with Crippen LogP contribution in [0.1, 0.15) is 35.7 Å². The number of aromatic nitrogens is 1. The lowest BCUT2D eigenvalue weighted by Crippen LogP contribution is -2.43. The highest BCUT2D eigenvalue weighted by atomic mass is 35.5. The summed E-state index contributed by atoms with van der Waals surface area (Å²) in [4.78, 5) is 34.9. The van der Waals surface area contributed by atoms with Crippen molar-refractivity contribution in [1.29, 1.82) is 0 Å². The van der Waals surface area contributed by atoms with Crippen LogP contribution in [0.15, 0.2) is 39.8 Å². The first-order valence-electron chi connectivity index (χ1n) is 10.9. The molecule has 0 unspecified atom stereocenters. The molecular formula is C23H22ClF3N4O4S. The number of carbonyl (C=O) groups excluding carboxylic acids is 1. The van der Waals surface area contributed by atoms with E-state index in [1.54, 1.807) is 0 Å². The van der Waals surface area contributed by atoms with E-state index >= 15 is 0 Å². The molecule has 1 fully saturated rings. The molecule has 0 spiro atoms. The van der Waals surface area contributed by atoms with Crippen molar-refractivity contribution in [2.24, 2.45) is 4.99 Å². The van der Waals surface area contributed by atoms with Crippen molar-refractivity contribution >= 4 is 40.7 Å². The number of hydrogen-bond acceptors (Lipinski definition) is 8. The standard InChI is InChI=1S/C23H22ClF3N4O4S/c1-3-12-9-36-20(28-12)19-29-15(8-31-10-23(26,27)7-16(31)21(32)33)17(22(34)35-2)18(30-19)13-5-4-11(25)6-14(13)24/h4-6,9,16,18H,3,7-8,10H2,1-2H3,(H,29,30)(H,32,33)/t16-,18-/m0/s1. The van der Waals surface area contributed by atoms with Crippen LogP contribution in [-0.2, 0) is 20.7 Å². The highest BCUT2D eigenvalue weighted by molar-refractivity contribution is 7.11. The Kier molecular flexibility index (Phi) is 7.39. The number of nitrogens with one attached hydrogen (secondary N) is 1. The maximum atomic E-state index is 14.2. The number of benzene rings is 1. The third-order valence-corrected chi connectivity index (χ3v) is 7.14. The van der Waals surface area contributed by atoms with Crippen LogP contribution in [0.3, 0.4) is 0 Å². The van der Waals surface area contributed by atoms with Crippen molar-refractivity contribution in [3.63, 3.8) is 0 Å². The lowest BCUT2D eigenvalue weighted by atomic mass is 9.95. The molecule has 192 valence electrons. The predicted octanol–water partition coefficient (Wildman–Crippen LogP) is 3.81. The number of aliphatic imine (C=N–C) groups is 1. The van der Waals surface area contributed by atoms with Gasteiger partial charge in [-0.15, -0.1) is 11.3 Å². The van der Waals surface area contributed by atoms with Crippen LogP contribution in [0.25, 0.3) is 0 Å². The molecule has 8 nitrogen and oxygen atoms in total. The summed E-state index contributed by atoms with van der Waals surface area (Å²) in [5.41, 5.74) is 1.14. The summed E-state index contributed by atoms with van der Waals surface area (Å²) in [5, 5.41) is 14.8. The van der Waals surface area contributed by atoms with E-state index in [1.807, 2.05) is 12.3 Å². The number of likely N-dealkylation sites (tertiary alicyclic amines) is 1. The topological polar surface area (TPSA) is 104 Å². The average molecular weight is 543 g/mol. The Balaban J connectivity index is 1.85. The summed E-state index contributed by atoms with van der Waals surface area (Å²) in [6, 6.07) is 1.06. The van der Waals surface area contributed by atoms with E-state index in [4.69, 9.17) is 16.3 Å². The van der Waals surface area contributed by atoms with Gasteiger partial charge >= 0.3 is 11.9 Å². The number of methoxy groups -OCH3 is 1. The summed E-state index contributed by atoms with van der Waals surface area (Å²) < 4.78 is 47.1. The second-order valence-corrected chi connectivity index (χ2v) is 9.64. The van der Waals surface area contributed by atoms with E-state index in [0.717, 1.165) is 29.8 Å². The van der Waals surface area contributed by atoms with Crippen molar-refractivity contribution in [3.05, 3.63) is 62.0 Å². The van der Waals surface area contributed by atoms with E-state index in [9.17, 15) is 27.9 Å². The fraction of sp³-hybridized carbons (Fsp3) is 0.391. The maximum absolute atomic E-state index is 14.2. The van der Waals surface area contributed by atoms with Gasteiger partial charge < -0.3 is 15.2 Å². The Labute approximate surface area is 213 Å². The second kappa shape index (κ2) is 10.2. The lowest BCUT2D eigenvalue weighted by molar-refractivity contribution is -0.142. The van der Waals surface area contributed by atoms with E-state index in [0.29, 0.717) is 11.4 Å². The number of ether oxygens (including phenoxy) is 1. The Morgan fingerprint density at radius 2 is 2.14 bits per heavy atom. The lowest BCUT2D eigenvalue weighted by Gasteiger charge is -2.30. The summed E-state index contributed by atoms with van der Waals surface area (Å²) in [5.74, 6) is -5.79. The number of esters is 1. The van der Waals surface area contributed by atoms with Crippen molar-refractivity contribution in [2.45, 2.75) is 37.8 Å². The third kappa shape index (κ3) is 5.25. The number of carbonyl (C=O) groups is 2. The maximum Gasteiger partial charge on any atom is 0.338 e. The minimum Gasteiger partial charge on any atom is -0.480 e. The Morgan fingerprint density at radius 3 is 2.75 bits per heavy atom. The van der Waals surface area contributed by atoms with Gasteiger partial charge in [-0.1, -0.05) is 24.6 Å². The van der Waals surface area contributed by atoms with Crippen LogP contribution in [0.2, 0.25) is 5.02 Å². The SMILES string of the molecule is CCc1csc(C2=N[C@@H](c3ccc(F)cc3Cl)C(C(=O)OC)=C(CN3CC(F)(F)C[C@H]3C(=O)O)N2)n1. The fourth-order valence-electron chi connectivity index (χ4n) is 4.20. The van der Waals surface area contributed by atoms with Gasteiger partial charge in [0.2, 0.25) is 0 Å². The number of alkyl halides is 2. The minimum absolute atomic E-state index is 0.00439.